The summed E-state index contributed by atoms with van der Waals surface area (Å²) in [6.45, 7) is 1.48. The van der Waals surface area contributed by atoms with Gasteiger partial charge in [0.2, 0.25) is 5.95 Å². The topological polar surface area (TPSA) is 48.4 Å². The Bertz CT molecular complexity index is 1280. The fourth-order valence-electron chi connectivity index (χ4n) is 4.97. The number of pyridine rings is 1. The molecule has 2 fully saturated rings. The molecule has 0 unspecified atom stereocenters. The third kappa shape index (κ3) is 5.76. The molecular weight excluding hydrogens is 543 g/mol. The van der Waals surface area contributed by atoms with Gasteiger partial charge in [0.15, 0.2) is 0 Å². The molecule has 1 saturated carbocycles. The third-order valence-corrected chi connectivity index (χ3v) is 7.71. The fourth-order valence-corrected chi connectivity index (χ4v) is 5.42. The molecule has 1 aliphatic heterocycles. The van der Waals surface area contributed by atoms with Crippen molar-refractivity contribution < 1.29 is 17.6 Å². The molecule has 0 bridgehead atoms. The van der Waals surface area contributed by atoms with Crippen LogP contribution in [0.2, 0.25) is 5.02 Å². The number of benzene rings is 1. The van der Waals surface area contributed by atoms with E-state index in [1.54, 1.807) is 21.5 Å². The molecule has 0 N–H and O–H groups in total. The quantitative estimate of drug-likeness (QED) is 0.245. The minimum Gasteiger partial charge on any atom is -0.353 e. The smallest absolute Gasteiger partial charge is 0.353 e. The summed E-state index contributed by atoms with van der Waals surface area (Å²) in [6.07, 6.45) is 2.05. The van der Waals surface area contributed by atoms with Crippen LogP contribution in [0, 0.1) is 5.82 Å². The molecule has 5 rings (SSSR count). The van der Waals surface area contributed by atoms with Crippen LogP contribution in [0.3, 0.4) is 0 Å². The highest BCUT2D eigenvalue weighted by molar-refractivity contribution is 6.31. The second-order valence-corrected chi connectivity index (χ2v) is 10.3. The minimum atomic E-state index is -4.49. The molecule has 1 aromatic carbocycles. The van der Waals surface area contributed by atoms with Gasteiger partial charge in [-0.3, -0.25) is 0 Å². The molecule has 38 heavy (non-hydrogen) atoms. The Balaban J connectivity index is 1.43. The van der Waals surface area contributed by atoms with Gasteiger partial charge in [0.1, 0.15) is 17.5 Å². The maximum absolute atomic E-state index is 13.8. The van der Waals surface area contributed by atoms with Gasteiger partial charge in [-0.05, 0) is 43.2 Å². The molecule has 12 heteroatoms. The van der Waals surface area contributed by atoms with Crippen molar-refractivity contribution in [2.75, 3.05) is 40.4 Å². The Morgan fingerprint density at radius 2 is 1.63 bits per heavy atom. The summed E-state index contributed by atoms with van der Waals surface area (Å²) in [6, 6.07) is 8.58. The molecule has 0 spiro atoms. The first-order valence-electron chi connectivity index (χ1n) is 12.5. The molecule has 0 radical (unpaired) electrons. The molecule has 202 valence electrons. The lowest BCUT2D eigenvalue weighted by Crippen LogP contribution is -2.47. The largest absolute Gasteiger partial charge is 0.419 e. The van der Waals surface area contributed by atoms with E-state index in [4.69, 9.17) is 28.4 Å². The number of alkyl halides is 3. The van der Waals surface area contributed by atoms with Crippen molar-refractivity contribution in [2.45, 2.75) is 44.3 Å². The predicted octanol–water partition coefficient (Wildman–Crippen LogP) is 6.97. The van der Waals surface area contributed by atoms with Gasteiger partial charge in [-0.15, -0.1) is 0 Å². The summed E-state index contributed by atoms with van der Waals surface area (Å²) in [4.78, 5) is 17.1. The first kappa shape index (κ1) is 26.7. The highest BCUT2D eigenvalue weighted by atomic mass is 35.5. The van der Waals surface area contributed by atoms with Crippen LogP contribution < -0.4 is 14.2 Å². The molecule has 3 heterocycles. The fraction of sp³-hybridized carbons (Fsp3) is 0.423. The summed E-state index contributed by atoms with van der Waals surface area (Å²) >= 11 is 12.8. The first-order chi connectivity index (χ1) is 18.2. The van der Waals surface area contributed by atoms with Gasteiger partial charge in [-0.2, -0.15) is 18.2 Å². The number of anilines is 3. The molecule has 3 aromatic rings. The molecular formula is C26H26Cl2F4N6. The van der Waals surface area contributed by atoms with Gasteiger partial charge < -0.3 is 9.80 Å². The maximum atomic E-state index is 13.8. The summed E-state index contributed by atoms with van der Waals surface area (Å²) in [7, 11) is 0. The lowest BCUT2D eigenvalue weighted by molar-refractivity contribution is -0.137. The molecule has 2 aromatic heterocycles. The van der Waals surface area contributed by atoms with E-state index in [-0.39, 0.29) is 16.9 Å². The number of hydrogen-bond donors (Lipinski definition) is 0. The van der Waals surface area contributed by atoms with E-state index >= 15 is 0 Å². The van der Waals surface area contributed by atoms with E-state index in [0.717, 1.165) is 38.2 Å². The summed E-state index contributed by atoms with van der Waals surface area (Å²) < 4.78 is 56.0. The molecule has 2 aliphatic rings. The van der Waals surface area contributed by atoms with Crippen LogP contribution in [-0.2, 0) is 6.18 Å². The Kier molecular flexibility index (Phi) is 7.81. The van der Waals surface area contributed by atoms with E-state index < -0.39 is 17.6 Å². The van der Waals surface area contributed by atoms with Gasteiger partial charge in [0.25, 0.3) is 0 Å². The number of piperazine rings is 1. The second kappa shape index (κ2) is 11.1. The van der Waals surface area contributed by atoms with E-state index in [1.807, 2.05) is 4.90 Å². The van der Waals surface area contributed by atoms with Crippen LogP contribution in [-0.4, -0.2) is 47.2 Å². The van der Waals surface area contributed by atoms with Crippen molar-refractivity contribution in [1.82, 2.24) is 15.0 Å². The highest BCUT2D eigenvalue weighted by Gasteiger charge is 2.36. The zero-order chi connectivity index (χ0) is 26.9. The number of hydrogen-bond acceptors (Lipinski definition) is 6. The SMILES string of the molecule is Fc1ccc(-c2cc(N3CCN(c4ncccc4C(F)(F)F)CC3)nc(N(Cl)C3CCCCC3)n2)cc1Cl. The van der Waals surface area contributed by atoms with Gasteiger partial charge in [-0.25, -0.2) is 18.8 Å². The van der Waals surface area contributed by atoms with Crippen molar-refractivity contribution in [3.63, 3.8) is 0 Å². The summed E-state index contributed by atoms with van der Waals surface area (Å²) in [5.41, 5.74) is 0.385. The van der Waals surface area contributed by atoms with E-state index in [1.165, 1.54) is 24.4 Å². The Labute approximate surface area is 228 Å². The van der Waals surface area contributed by atoms with Gasteiger partial charge in [0.05, 0.1) is 16.3 Å². The lowest BCUT2D eigenvalue weighted by Gasteiger charge is -2.37. The number of rotatable bonds is 5. The molecule has 1 saturated heterocycles. The van der Waals surface area contributed by atoms with Crippen LogP contribution in [0.1, 0.15) is 37.7 Å². The lowest BCUT2D eigenvalue weighted by atomic mass is 9.96. The van der Waals surface area contributed by atoms with Crippen molar-refractivity contribution in [3.8, 4) is 11.3 Å². The normalized spacial score (nSPS) is 17.1. The van der Waals surface area contributed by atoms with Gasteiger partial charge in [-0.1, -0.05) is 30.9 Å². The van der Waals surface area contributed by atoms with Crippen molar-refractivity contribution in [2.24, 2.45) is 0 Å². The van der Waals surface area contributed by atoms with Crippen molar-refractivity contribution in [1.29, 1.82) is 0 Å². The van der Waals surface area contributed by atoms with E-state index in [0.29, 0.717) is 49.2 Å². The molecule has 1 aliphatic carbocycles. The molecule has 6 nitrogen and oxygen atoms in total. The summed E-state index contributed by atoms with van der Waals surface area (Å²) in [5.74, 6) is 0.311. The maximum Gasteiger partial charge on any atom is 0.419 e. The van der Waals surface area contributed by atoms with Crippen LogP contribution >= 0.6 is 23.4 Å². The highest BCUT2D eigenvalue weighted by Crippen LogP contribution is 2.36. The standard InChI is InChI=1S/C26H26Cl2F4N6/c27-20-15-17(8-9-21(20)29)22-16-23(35-25(34-22)38(28)18-5-2-1-3-6-18)36-11-13-37(14-12-36)24-19(26(30,31)32)7-4-10-33-24/h4,7-10,15-16,18H,1-3,5-6,11-14H2. The van der Waals surface area contributed by atoms with Crippen molar-refractivity contribution >= 4 is 41.0 Å². The Hall–Kier alpha value is -2.85. The third-order valence-electron chi connectivity index (χ3n) is 7.00. The number of nitrogens with zero attached hydrogens (tertiary/aromatic N) is 6. The predicted molar refractivity (Wildman–Crippen MR) is 141 cm³/mol. The number of halogens is 6. The molecule has 0 atom stereocenters. The van der Waals surface area contributed by atoms with E-state index in [2.05, 4.69) is 9.97 Å². The average Bonchev–Trinajstić information content (AvgIpc) is 2.94. The average molecular weight is 569 g/mol. The minimum absolute atomic E-state index is 0.0244. The van der Waals surface area contributed by atoms with Crippen LogP contribution in [0.4, 0.5) is 35.1 Å². The van der Waals surface area contributed by atoms with E-state index in [9.17, 15) is 17.6 Å². The van der Waals surface area contributed by atoms with Crippen molar-refractivity contribution in [3.05, 3.63) is 59.0 Å². The van der Waals surface area contributed by atoms with Gasteiger partial charge in [0, 0.05) is 61.8 Å². The van der Waals surface area contributed by atoms with Crippen LogP contribution in [0.25, 0.3) is 11.3 Å². The Morgan fingerprint density at radius 3 is 2.32 bits per heavy atom. The van der Waals surface area contributed by atoms with Gasteiger partial charge >= 0.3 is 6.18 Å². The number of aromatic nitrogens is 3. The first-order valence-corrected chi connectivity index (χ1v) is 13.2. The van der Waals surface area contributed by atoms with Crippen LogP contribution in [0.15, 0.2) is 42.6 Å². The zero-order valence-corrected chi connectivity index (χ0v) is 21.9. The van der Waals surface area contributed by atoms with Crippen LogP contribution in [0.5, 0.6) is 0 Å². The monoisotopic (exact) mass is 568 g/mol. The summed E-state index contributed by atoms with van der Waals surface area (Å²) in [5, 5.41) is -0.0244. The second-order valence-electron chi connectivity index (χ2n) is 9.49. The Morgan fingerprint density at radius 1 is 0.921 bits per heavy atom. The zero-order valence-electron chi connectivity index (χ0n) is 20.4. The molecule has 0 amide bonds.